The summed E-state index contributed by atoms with van der Waals surface area (Å²) in [5.41, 5.74) is 7.13. The maximum atomic E-state index is 12.6. The molecule has 4 aromatic rings. The van der Waals surface area contributed by atoms with Crippen molar-refractivity contribution in [3.8, 4) is 11.5 Å². The fraction of sp³-hybridized carbons (Fsp3) is 0.174. The minimum absolute atomic E-state index is 0. The number of anilines is 3. The molecule has 0 amide bonds. The number of benzene rings is 2. The Balaban J connectivity index is 0.00000259. The van der Waals surface area contributed by atoms with E-state index in [1.54, 1.807) is 6.20 Å². The van der Waals surface area contributed by atoms with E-state index in [0.29, 0.717) is 39.4 Å². The number of hydrogen-bond donors (Lipinski definition) is 3. The minimum Gasteiger partial charge on any atom is -0.457 e. The molecule has 10 heteroatoms. The Morgan fingerprint density at radius 2 is 1.82 bits per heavy atom. The number of aromatic amines is 1. The number of para-hydroxylation sites is 1. The van der Waals surface area contributed by atoms with E-state index in [4.69, 9.17) is 10.5 Å². The Labute approximate surface area is 204 Å². The van der Waals surface area contributed by atoms with Crippen molar-refractivity contribution in [2.24, 2.45) is 5.73 Å². The molecule has 3 heterocycles. The number of halogens is 2. The first-order chi connectivity index (χ1) is 15.6. The Bertz CT molecular complexity index is 1320. The van der Waals surface area contributed by atoms with Gasteiger partial charge >= 0.3 is 0 Å². The highest BCUT2D eigenvalue weighted by molar-refractivity contribution is 9.10. The van der Waals surface area contributed by atoms with Gasteiger partial charge in [-0.15, -0.1) is 12.4 Å². The van der Waals surface area contributed by atoms with Gasteiger partial charge in [-0.2, -0.15) is 4.98 Å². The van der Waals surface area contributed by atoms with E-state index in [1.807, 2.05) is 59.5 Å². The quantitative estimate of drug-likeness (QED) is 0.347. The Morgan fingerprint density at radius 1 is 1.09 bits per heavy atom. The van der Waals surface area contributed by atoms with E-state index in [2.05, 4.69) is 36.2 Å². The predicted octanol–water partition coefficient (Wildman–Crippen LogP) is 4.58. The number of ether oxygens (including phenoxy) is 1. The Kier molecular flexibility index (Phi) is 6.83. The van der Waals surface area contributed by atoms with Crippen LogP contribution in [0.5, 0.6) is 11.5 Å². The third kappa shape index (κ3) is 4.95. The first-order valence-corrected chi connectivity index (χ1v) is 11.1. The summed E-state index contributed by atoms with van der Waals surface area (Å²) in [6, 6.07) is 17.1. The second kappa shape index (κ2) is 9.78. The summed E-state index contributed by atoms with van der Waals surface area (Å²) in [7, 11) is 0. The molecule has 0 saturated carbocycles. The molecule has 33 heavy (non-hydrogen) atoms. The first-order valence-electron chi connectivity index (χ1n) is 10.3. The first kappa shape index (κ1) is 23.0. The zero-order valence-corrected chi connectivity index (χ0v) is 19.9. The van der Waals surface area contributed by atoms with E-state index in [1.165, 1.54) is 0 Å². The van der Waals surface area contributed by atoms with Crippen molar-refractivity contribution < 1.29 is 4.74 Å². The van der Waals surface area contributed by atoms with Crippen molar-refractivity contribution in [3.63, 3.8) is 0 Å². The summed E-state index contributed by atoms with van der Waals surface area (Å²) in [6.07, 6.45) is 2.47. The van der Waals surface area contributed by atoms with Gasteiger partial charge in [0, 0.05) is 31.0 Å². The van der Waals surface area contributed by atoms with Crippen LogP contribution in [0.3, 0.4) is 0 Å². The normalized spacial score (nSPS) is 15.3. The maximum absolute atomic E-state index is 12.6. The van der Waals surface area contributed by atoms with Crippen LogP contribution in [-0.4, -0.2) is 34.1 Å². The molecular formula is C23H22BrClN6O2. The van der Waals surface area contributed by atoms with E-state index < -0.39 is 0 Å². The zero-order valence-electron chi connectivity index (χ0n) is 17.5. The largest absolute Gasteiger partial charge is 0.457 e. The molecule has 1 fully saturated rings. The lowest BCUT2D eigenvalue weighted by molar-refractivity contribution is 0.483. The van der Waals surface area contributed by atoms with Gasteiger partial charge in [0.2, 0.25) is 5.95 Å². The van der Waals surface area contributed by atoms with Gasteiger partial charge in [0.1, 0.15) is 22.7 Å². The summed E-state index contributed by atoms with van der Waals surface area (Å²) < 4.78 is 6.54. The molecule has 170 valence electrons. The van der Waals surface area contributed by atoms with Crippen LogP contribution in [-0.2, 0) is 0 Å². The number of rotatable bonds is 5. The average molecular weight is 530 g/mol. The van der Waals surface area contributed by atoms with Crippen LogP contribution in [0, 0.1) is 0 Å². The number of aromatic nitrogens is 3. The van der Waals surface area contributed by atoms with Crippen LogP contribution in [0.1, 0.15) is 6.42 Å². The van der Waals surface area contributed by atoms with E-state index >= 15 is 0 Å². The number of fused-ring (bicyclic) bond motifs is 1. The number of nitrogens with one attached hydrogen (secondary N) is 2. The molecule has 0 bridgehead atoms. The lowest BCUT2D eigenvalue weighted by Crippen LogP contribution is -2.28. The standard InChI is InChI=1S/C23H21BrN6O2.ClH/c24-18-12-26-22(31)19-20(18)28-23(30-11-10-14(25)13-30)29-21(19)27-15-6-8-17(9-7-15)32-16-4-2-1-3-5-16;/h1-9,12,14H,10-11,13,25H2,(H,26,31)(H,27,28,29);1H/t14-;/m1./s1. The molecule has 5 rings (SSSR count). The molecule has 1 atom stereocenters. The van der Waals surface area contributed by atoms with Crippen molar-refractivity contribution in [1.29, 1.82) is 0 Å². The molecule has 4 N–H and O–H groups in total. The van der Waals surface area contributed by atoms with Crippen molar-refractivity contribution in [2.45, 2.75) is 12.5 Å². The predicted molar refractivity (Wildman–Crippen MR) is 136 cm³/mol. The molecule has 2 aromatic carbocycles. The summed E-state index contributed by atoms with van der Waals surface area (Å²) in [4.78, 5) is 26.7. The number of H-pyrrole nitrogens is 1. The molecular weight excluding hydrogens is 508 g/mol. The fourth-order valence-corrected chi connectivity index (χ4v) is 4.08. The maximum Gasteiger partial charge on any atom is 0.261 e. The van der Waals surface area contributed by atoms with Crippen molar-refractivity contribution in [1.82, 2.24) is 15.0 Å². The van der Waals surface area contributed by atoms with Crippen LogP contribution in [0.4, 0.5) is 17.5 Å². The van der Waals surface area contributed by atoms with E-state index in [-0.39, 0.29) is 24.0 Å². The molecule has 1 aliphatic rings. The van der Waals surface area contributed by atoms with Crippen molar-refractivity contribution in [2.75, 3.05) is 23.3 Å². The minimum atomic E-state index is -0.264. The second-order valence-corrected chi connectivity index (χ2v) is 8.48. The van der Waals surface area contributed by atoms with Gasteiger partial charge in [-0.25, -0.2) is 4.98 Å². The molecule has 1 saturated heterocycles. The number of hydrogen-bond acceptors (Lipinski definition) is 7. The molecule has 0 aliphatic carbocycles. The van der Waals surface area contributed by atoms with Crippen LogP contribution in [0.15, 0.2) is 70.1 Å². The van der Waals surface area contributed by atoms with Crippen LogP contribution >= 0.6 is 28.3 Å². The highest BCUT2D eigenvalue weighted by Crippen LogP contribution is 2.30. The summed E-state index contributed by atoms with van der Waals surface area (Å²) in [5.74, 6) is 2.45. The molecule has 0 unspecified atom stereocenters. The van der Waals surface area contributed by atoms with E-state index in [0.717, 1.165) is 24.4 Å². The molecule has 8 nitrogen and oxygen atoms in total. The SMILES string of the molecule is Cl.N[C@@H]1CCN(c2nc(Nc3ccc(Oc4ccccc4)cc3)c3c(=O)[nH]cc(Br)c3n2)C1. The van der Waals surface area contributed by atoms with Crippen LogP contribution in [0.25, 0.3) is 10.9 Å². The monoisotopic (exact) mass is 528 g/mol. The summed E-state index contributed by atoms with van der Waals surface area (Å²) in [5, 5.41) is 3.66. The highest BCUT2D eigenvalue weighted by Gasteiger charge is 2.24. The van der Waals surface area contributed by atoms with Gasteiger partial charge in [-0.05, 0) is 58.7 Å². The Morgan fingerprint density at radius 3 is 2.52 bits per heavy atom. The third-order valence-electron chi connectivity index (χ3n) is 5.28. The van der Waals surface area contributed by atoms with Crippen LogP contribution in [0.2, 0.25) is 0 Å². The molecule has 1 aliphatic heterocycles. The molecule has 0 spiro atoms. The Hall–Kier alpha value is -3.14. The zero-order chi connectivity index (χ0) is 22.1. The second-order valence-electron chi connectivity index (χ2n) is 7.62. The van der Waals surface area contributed by atoms with Gasteiger partial charge in [0.05, 0.1) is 9.99 Å². The number of nitrogens with zero attached hydrogens (tertiary/aromatic N) is 3. The highest BCUT2D eigenvalue weighted by atomic mass is 79.9. The van der Waals surface area contributed by atoms with Crippen molar-refractivity contribution in [3.05, 3.63) is 75.6 Å². The van der Waals surface area contributed by atoms with Gasteiger partial charge in [-0.1, -0.05) is 18.2 Å². The van der Waals surface area contributed by atoms with Crippen LogP contribution < -0.4 is 26.2 Å². The third-order valence-corrected chi connectivity index (χ3v) is 5.89. The smallest absolute Gasteiger partial charge is 0.261 e. The van der Waals surface area contributed by atoms with E-state index in [9.17, 15) is 4.79 Å². The lowest BCUT2D eigenvalue weighted by atomic mass is 10.2. The van der Waals surface area contributed by atoms with Gasteiger partial charge in [0.15, 0.2) is 0 Å². The number of pyridine rings is 1. The lowest BCUT2D eigenvalue weighted by Gasteiger charge is -2.18. The average Bonchev–Trinajstić information content (AvgIpc) is 3.24. The summed E-state index contributed by atoms with van der Waals surface area (Å²) >= 11 is 3.50. The van der Waals surface area contributed by atoms with Gasteiger partial charge in [-0.3, -0.25) is 4.79 Å². The fourth-order valence-electron chi connectivity index (χ4n) is 3.67. The topological polar surface area (TPSA) is 109 Å². The van der Waals surface area contributed by atoms with Crippen molar-refractivity contribution >= 4 is 56.7 Å². The van der Waals surface area contributed by atoms with Gasteiger partial charge < -0.3 is 25.7 Å². The van der Waals surface area contributed by atoms with Gasteiger partial charge in [0.25, 0.3) is 5.56 Å². The summed E-state index contributed by atoms with van der Waals surface area (Å²) in [6.45, 7) is 1.45. The molecule has 0 radical (unpaired) electrons. The molecule has 2 aromatic heterocycles. The number of nitrogens with two attached hydrogens (primary N) is 1.